The molecule has 0 saturated heterocycles. The second-order valence-corrected chi connectivity index (χ2v) is 6.28. The molecule has 2 rings (SSSR count). The summed E-state index contributed by atoms with van der Waals surface area (Å²) in [4.78, 5) is 25.2. The molecule has 0 unspecified atom stereocenters. The van der Waals surface area contributed by atoms with Crippen LogP contribution in [0, 0.1) is 0 Å². The first-order chi connectivity index (χ1) is 10.5. The number of carbonyl (C=O) groups is 2. The normalized spacial score (nSPS) is 10.3. The predicted molar refractivity (Wildman–Crippen MR) is 88.4 cm³/mol. The molecule has 0 aliphatic heterocycles. The lowest BCUT2D eigenvalue weighted by Gasteiger charge is -2.09. The summed E-state index contributed by atoms with van der Waals surface area (Å²) >= 11 is 7.37. The topological polar surface area (TPSA) is 55.4 Å². The van der Waals surface area contributed by atoms with Gasteiger partial charge in [0.2, 0.25) is 0 Å². The van der Waals surface area contributed by atoms with Gasteiger partial charge in [0.25, 0.3) is 5.91 Å². The second-order valence-electron chi connectivity index (χ2n) is 4.67. The Morgan fingerprint density at radius 3 is 2.68 bits per heavy atom. The molecule has 0 radical (unpaired) electrons. The Bertz CT molecular complexity index is 696. The minimum atomic E-state index is -0.234. The minimum absolute atomic E-state index is 0.0592. The van der Waals surface area contributed by atoms with Crippen molar-refractivity contribution in [3.8, 4) is 5.75 Å². The van der Waals surface area contributed by atoms with E-state index in [-0.39, 0.29) is 11.7 Å². The van der Waals surface area contributed by atoms with Gasteiger partial charge in [0, 0.05) is 16.4 Å². The van der Waals surface area contributed by atoms with E-state index in [1.54, 1.807) is 25.1 Å². The van der Waals surface area contributed by atoms with Crippen molar-refractivity contribution in [3.05, 3.63) is 50.7 Å². The van der Waals surface area contributed by atoms with Crippen LogP contribution >= 0.6 is 22.9 Å². The van der Waals surface area contributed by atoms with Gasteiger partial charge in [0.15, 0.2) is 5.78 Å². The van der Waals surface area contributed by atoms with Crippen molar-refractivity contribution in [2.45, 2.75) is 13.3 Å². The van der Waals surface area contributed by atoms with E-state index in [0.29, 0.717) is 29.3 Å². The number of benzene rings is 1. The molecule has 1 amide bonds. The summed E-state index contributed by atoms with van der Waals surface area (Å²) in [6, 6.07) is 8.63. The largest absolute Gasteiger partial charge is 0.496 e. The number of amides is 1. The Kier molecular flexibility index (Phi) is 5.57. The zero-order chi connectivity index (χ0) is 16.1. The standard InChI is InChI=1S/C16H16ClNO3S/c1-10(19)15-6-4-12(22-15)7-8-18-16(20)13-9-11(17)3-5-14(13)21-2/h3-6,9H,7-8H2,1-2H3,(H,18,20). The third-order valence-electron chi connectivity index (χ3n) is 3.07. The van der Waals surface area contributed by atoms with Crippen LogP contribution in [-0.2, 0) is 6.42 Å². The van der Waals surface area contributed by atoms with Gasteiger partial charge in [-0.1, -0.05) is 11.6 Å². The fraction of sp³-hybridized carbons (Fsp3) is 0.250. The number of ketones is 1. The van der Waals surface area contributed by atoms with Crippen LogP contribution in [-0.4, -0.2) is 25.3 Å². The van der Waals surface area contributed by atoms with Crippen molar-refractivity contribution in [3.63, 3.8) is 0 Å². The van der Waals surface area contributed by atoms with E-state index in [9.17, 15) is 9.59 Å². The molecule has 0 bridgehead atoms. The van der Waals surface area contributed by atoms with Gasteiger partial charge in [0.05, 0.1) is 17.6 Å². The Morgan fingerprint density at radius 1 is 1.27 bits per heavy atom. The summed E-state index contributed by atoms with van der Waals surface area (Å²) in [5.74, 6) is 0.309. The Hall–Kier alpha value is -1.85. The average Bonchev–Trinajstić information content (AvgIpc) is 2.96. The molecule has 0 spiro atoms. The quantitative estimate of drug-likeness (QED) is 0.820. The molecule has 1 N–H and O–H groups in total. The second kappa shape index (κ2) is 7.42. The molecule has 0 aliphatic carbocycles. The van der Waals surface area contributed by atoms with Crippen LogP contribution in [0.2, 0.25) is 5.02 Å². The number of methoxy groups -OCH3 is 1. The summed E-state index contributed by atoms with van der Waals surface area (Å²) in [5.41, 5.74) is 0.408. The molecule has 0 fully saturated rings. The summed E-state index contributed by atoms with van der Waals surface area (Å²) < 4.78 is 5.16. The molecule has 4 nitrogen and oxygen atoms in total. The fourth-order valence-corrected chi connectivity index (χ4v) is 3.03. The van der Waals surface area contributed by atoms with Crippen LogP contribution in [0.5, 0.6) is 5.75 Å². The molecular weight excluding hydrogens is 322 g/mol. The van der Waals surface area contributed by atoms with Crippen molar-refractivity contribution in [1.29, 1.82) is 0 Å². The lowest BCUT2D eigenvalue weighted by atomic mass is 10.2. The van der Waals surface area contributed by atoms with Crippen LogP contribution in [0.3, 0.4) is 0 Å². The molecule has 0 atom stereocenters. The van der Waals surface area contributed by atoms with Gasteiger partial charge >= 0.3 is 0 Å². The molecular formula is C16H16ClNO3S. The maximum atomic E-state index is 12.2. The van der Waals surface area contributed by atoms with Crippen LogP contribution in [0.1, 0.15) is 31.8 Å². The number of hydrogen-bond donors (Lipinski definition) is 1. The SMILES string of the molecule is COc1ccc(Cl)cc1C(=O)NCCc1ccc(C(C)=O)s1. The van der Waals surface area contributed by atoms with E-state index in [1.807, 2.05) is 12.1 Å². The zero-order valence-electron chi connectivity index (χ0n) is 12.3. The number of hydrogen-bond acceptors (Lipinski definition) is 4. The Morgan fingerprint density at radius 2 is 2.05 bits per heavy atom. The third-order valence-corrected chi connectivity index (χ3v) is 4.55. The summed E-state index contributed by atoms with van der Waals surface area (Å²) in [7, 11) is 1.51. The van der Waals surface area contributed by atoms with Gasteiger partial charge in [0.1, 0.15) is 5.75 Å². The van der Waals surface area contributed by atoms with Crippen LogP contribution < -0.4 is 10.1 Å². The van der Waals surface area contributed by atoms with Crippen molar-refractivity contribution in [1.82, 2.24) is 5.32 Å². The molecule has 0 saturated carbocycles. The van der Waals surface area contributed by atoms with Gasteiger partial charge in [-0.2, -0.15) is 0 Å². The van der Waals surface area contributed by atoms with Crippen molar-refractivity contribution >= 4 is 34.6 Å². The molecule has 6 heteroatoms. The maximum Gasteiger partial charge on any atom is 0.255 e. The highest BCUT2D eigenvalue weighted by Crippen LogP contribution is 2.22. The Labute approximate surface area is 138 Å². The number of thiophene rings is 1. The number of halogens is 1. The summed E-state index contributed by atoms with van der Waals surface area (Å²) in [6.07, 6.45) is 0.673. The Balaban J connectivity index is 1.95. The molecule has 1 aromatic heterocycles. The van der Waals surface area contributed by atoms with Gasteiger partial charge in [-0.3, -0.25) is 9.59 Å². The average molecular weight is 338 g/mol. The van der Waals surface area contributed by atoms with Gasteiger partial charge < -0.3 is 10.1 Å². The lowest BCUT2D eigenvalue weighted by Crippen LogP contribution is -2.26. The number of carbonyl (C=O) groups excluding carboxylic acids is 2. The van der Waals surface area contributed by atoms with Crippen molar-refractivity contribution < 1.29 is 14.3 Å². The first-order valence-electron chi connectivity index (χ1n) is 6.72. The minimum Gasteiger partial charge on any atom is -0.496 e. The molecule has 116 valence electrons. The first kappa shape index (κ1) is 16.5. The van der Waals surface area contributed by atoms with E-state index < -0.39 is 0 Å². The maximum absolute atomic E-state index is 12.2. The molecule has 1 aromatic carbocycles. The molecule has 2 aromatic rings. The van der Waals surface area contributed by atoms with Crippen LogP contribution in [0.25, 0.3) is 0 Å². The van der Waals surface area contributed by atoms with Gasteiger partial charge in [-0.25, -0.2) is 0 Å². The highest BCUT2D eigenvalue weighted by molar-refractivity contribution is 7.14. The molecule has 22 heavy (non-hydrogen) atoms. The summed E-state index contributed by atoms with van der Waals surface area (Å²) in [6.45, 7) is 2.02. The van der Waals surface area contributed by atoms with Gasteiger partial charge in [-0.05, 0) is 43.7 Å². The number of Topliss-reactive ketones (excluding diaryl/α,β-unsaturated/α-hetero) is 1. The third kappa shape index (κ3) is 4.08. The van der Waals surface area contributed by atoms with E-state index in [0.717, 1.165) is 9.75 Å². The summed E-state index contributed by atoms with van der Waals surface area (Å²) in [5, 5.41) is 3.31. The van der Waals surface area contributed by atoms with Gasteiger partial charge in [-0.15, -0.1) is 11.3 Å². The smallest absolute Gasteiger partial charge is 0.255 e. The molecule has 0 aliphatic rings. The van der Waals surface area contributed by atoms with Crippen molar-refractivity contribution in [2.75, 3.05) is 13.7 Å². The zero-order valence-corrected chi connectivity index (χ0v) is 13.9. The molecule has 1 heterocycles. The number of rotatable bonds is 6. The van der Waals surface area contributed by atoms with E-state index in [1.165, 1.54) is 18.4 Å². The van der Waals surface area contributed by atoms with E-state index in [2.05, 4.69) is 5.32 Å². The predicted octanol–water partition coefficient (Wildman–Crippen LogP) is 3.59. The highest BCUT2D eigenvalue weighted by atomic mass is 35.5. The monoisotopic (exact) mass is 337 g/mol. The van der Waals surface area contributed by atoms with E-state index in [4.69, 9.17) is 16.3 Å². The fourth-order valence-electron chi connectivity index (χ4n) is 1.95. The lowest BCUT2D eigenvalue weighted by molar-refractivity contribution is 0.0950. The van der Waals surface area contributed by atoms with Crippen LogP contribution in [0.15, 0.2) is 30.3 Å². The van der Waals surface area contributed by atoms with E-state index >= 15 is 0 Å². The van der Waals surface area contributed by atoms with Crippen LogP contribution in [0.4, 0.5) is 0 Å². The number of ether oxygens (including phenoxy) is 1. The highest BCUT2D eigenvalue weighted by Gasteiger charge is 2.12. The van der Waals surface area contributed by atoms with Crippen molar-refractivity contribution in [2.24, 2.45) is 0 Å². The first-order valence-corrected chi connectivity index (χ1v) is 7.92. The number of nitrogens with one attached hydrogen (secondary N) is 1.